The Bertz CT molecular complexity index is 376. The van der Waals surface area contributed by atoms with Gasteiger partial charge in [-0.15, -0.1) is 6.58 Å². The maximum absolute atomic E-state index is 13.0. The van der Waals surface area contributed by atoms with E-state index in [1.807, 2.05) is 13.0 Å². The highest BCUT2D eigenvalue weighted by atomic mass is 79.9. The van der Waals surface area contributed by atoms with Gasteiger partial charge in [-0.2, -0.15) is 0 Å². The summed E-state index contributed by atoms with van der Waals surface area (Å²) in [6.07, 6.45) is 0.859. The van der Waals surface area contributed by atoms with Crippen molar-refractivity contribution in [2.75, 3.05) is 6.54 Å². The number of benzene rings is 1. The van der Waals surface area contributed by atoms with Crippen molar-refractivity contribution in [2.45, 2.75) is 26.3 Å². The molecular formula is C13H17BrFN. The third-order valence-electron chi connectivity index (χ3n) is 2.34. The van der Waals surface area contributed by atoms with Gasteiger partial charge in [-0.3, -0.25) is 0 Å². The molecule has 0 heterocycles. The zero-order valence-corrected chi connectivity index (χ0v) is 11.3. The second kappa shape index (κ2) is 6.16. The van der Waals surface area contributed by atoms with Crippen molar-refractivity contribution in [3.05, 3.63) is 46.2 Å². The third kappa shape index (κ3) is 3.72. The Balaban J connectivity index is 2.95. The lowest BCUT2D eigenvalue weighted by molar-refractivity contribution is 0.543. The molecule has 1 aromatic carbocycles. The summed E-state index contributed by atoms with van der Waals surface area (Å²) in [7, 11) is 0. The Morgan fingerprint density at radius 3 is 2.75 bits per heavy atom. The zero-order chi connectivity index (χ0) is 12.1. The first-order chi connectivity index (χ1) is 7.54. The molecule has 0 aliphatic carbocycles. The van der Waals surface area contributed by atoms with Crippen LogP contribution >= 0.6 is 15.9 Å². The molecule has 0 aliphatic heterocycles. The molecule has 16 heavy (non-hydrogen) atoms. The molecule has 1 atom stereocenters. The van der Waals surface area contributed by atoms with E-state index in [0.717, 1.165) is 28.6 Å². The van der Waals surface area contributed by atoms with Crippen LogP contribution in [0.2, 0.25) is 0 Å². The summed E-state index contributed by atoms with van der Waals surface area (Å²) >= 11 is 3.40. The predicted molar refractivity (Wildman–Crippen MR) is 69.9 cm³/mol. The highest BCUT2D eigenvalue weighted by Crippen LogP contribution is 2.28. The molecule has 0 bridgehead atoms. The van der Waals surface area contributed by atoms with Crippen LogP contribution in [0.4, 0.5) is 4.39 Å². The van der Waals surface area contributed by atoms with Crippen molar-refractivity contribution in [1.82, 2.24) is 5.32 Å². The van der Waals surface area contributed by atoms with E-state index in [0.29, 0.717) is 0 Å². The van der Waals surface area contributed by atoms with Crippen molar-refractivity contribution in [2.24, 2.45) is 0 Å². The maximum atomic E-state index is 13.0. The summed E-state index contributed by atoms with van der Waals surface area (Å²) in [5.41, 5.74) is 2.19. The van der Waals surface area contributed by atoms with E-state index in [1.54, 1.807) is 0 Å². The molecule has 0 radical (unpaired) electrons. The zero-order valence-electron chi connectivity index (χ0n) is 9.69. The Kier molecular flexibility index (Phi) is 5.16. The van der Waals surface area contributed by atoms with Gasteiger partial charge in [0.15, 0.2) is 0 Å². The van der Waals surface area contributed by atoms with E-state index in [2.05, 4.69) is 34.7 Å². The minimum Gasteiger partial charge on any atom is -0.310 e. The van der Waals surface area contributed by atoms with E-state index in [1.165, 1.54) is 12.1 Å². The van der Waals surface area contributed by atoms with Gasteiger partial charge in [0.1, 0.15) is 5.82 Å². The molecule has 0 spiro atoms. The molecule has 0 amide bonds. The summed E-state index contributed by atoms with van der Waals surface area (Å²) < 4.78 is 13.8. The highest BCUT2D eigenvalue weighted by molar-refractivity contribution is 9.10. The van der Waals surface area contributed by atoms with Crippen molar-refractivity contribution < 1.29 is 4.39 Å². The first kappa shape index (κ1) is 13.4. The molecule has 1 unspecified atom stereocenters. The van der Waals surface area contributed by atoms with Crippen molar-refractivity contribution in [3.8, 4) is 0 Å². The van der Waals surface area contributed by atoms with Crippen LogP contribution in [0.3, 0.4) is 0 Å². The molecule has 1 N–H and O–H groups in total. The molecule has 1 rings (SSSR count). The Hall–Kier alpha value is -0.670. The lowest BCUT2D eigenvalue weighted by Gasteiger charge is -2.19. The van der Waals surface area contributed by atoms with Crippen LogP contribution in [-0.4, -0.2) is 6.54 Å². The van der Waals surface area contributed by atoms with Crippen molar-refractivity contribution in [3.63, 3.8) is 0 Å². The second-order valence-corrected chi connectivity index (χ2v) is 4.79. The fourth-order valence-electron chi connectivity index (χ4n) is 1.67. The van der Waals surface area contributed by atoms with Gasteiger partial charge in [-0.25, -0.2) is 4.39 Å². The quantitative estimate of drug-likeness (QED) is 0.800. The van der Waals surface area contributed by atoms with Crippen molar-refractivity contribution >= 4 is 15.9 Å². The monoisotopic (exact) mass is 285 g/mol. The first-order valence-corrected chi connectivity index (χ1v) is 6.16. The molecule has 1 nitrogen and oxygen atoms in total. The number of hydrogen-bond donors (Lipinski definition) is 1. The average Bonchev–Trinajstić information content (AvgIpc) is 2.16. The van der Waals surface area contributed by atoms with Gasteiger partial charge in [0.05, 0.1) is 0 Å². The Morgan fingerprint density at radius 1 is 1.56 bits per heavy atom. The standard InChI is InChI=1S/C13H17BrFN/c1-4-16-13(7-9(2)3)11-6-5-10(15)8-12(11)14/h5-6,8,13,16H,2,4,7H2,1,3H3. The van der Waals surface area contributed by atoms with Crippen LogP contribution in [0, 0.1) is 5.82 Å². The lowest BCUT2D eigenvalue weighted by atomic mass is 10.0. The summed E-state index contributed by atoms with van der Waals surface area (Å²) in [6, 6.07) is 4.99. The molecule has 0 fully saturated rings. The topological polar surface area (TPSA) is 12.0 Å². The van der Waals surface area contributed by atoms with Gasteiger partial charge in [-0.05, 0) is 37.6 Å². The smallest absolute Gasteiger partial charge is 0.124 e. The molecule has 3 heteroatoms. The van der Waals surface area contributed by atoms with Gasteiger partial charge in [0.2, 0.25) is 0 Å². The second-order valence-electron chi connectivity index (χ2n) is 3.94. The van der Waals surface area contributed by atoms with E-state index in [4.69, 9.17) is 0 Å². The molecule has 0 aromatic heterocycles. The molecule has 0 saturated carbocycles. The Morgan fingerprint density at radius 2 is 2.25 bits per heavy atom. The number of nitrogens with one attached hydrogen (secondary N) is 1. The van der Waals surface area contributed by atoms with Crippen LogP contribution in [0.25, 0.3) is 0 Å². The van der Waals surface area contributed by atoms with Gasteiger partial charge in [0.25, 0.3) is 0 Å². The predicted octanol–water partition coefficient (Wildman–Crippen LogP) is 4.21. The van der Waals surface area contributed by atoms with Gasteiger partial charge in [-0.1, -0.05) is 34.5 Å². The molecular weight excluding hydrogens is 269 g/mol. The maximum Gasteiger partial charge on any atom is 0.124 e. The molecule has 0 aliphatic rings. The average molecular weight is 286 g/mol. The summed E-state index contributed by atoms with van der Waals surface area (Å²) in [4.78, 5) is 0. The fraction of sp³-hybridized carbons (Fsp3) is 0.385. The SMILES string of the molecule is C=C(C)CC(NCC)c1ccc(F)cc1Br. The van der Waals surface area contributed by atoms with E-state index >= 15 is 0 Å². The minimum absolute atomic E-state index is 0.192. The summed E-state index contributed by atoms with van der Waals surface area (Å²) in [6.45, 7) is 8.86. The third-order valence-corrected chi connectivity index (χ3v) is 3.03. The normalized spacial score (nSPS) is 12.5. The van der Waals surface area contributed by atoms with Crippen LogP contribution in [0.15, 0.2) is 34.8 Å². The fourth-order valence-corrected chi connectivity index (χ4v) is 2.30. The number of halogens is 2. The Labute approximate surface area is 105 Å². The van der Waals surface area contributed by atoms with E-state index < -0.39 is 0 Å². The highest BCUT2D eigenvalue weighted by Gasteiger charge is 2.13. The van der Waals surface area contributed by atoms with Gasteiger partial charge in [0, 0.05) is 10.5 Å². The first-order valence-electron chi connectivity index (χ1n) is 5.37. The minimum atomic E-state index is -0.221. The van der Waals surface area contributed by atoms with Gasteiger partial charge < -0.3 is 5.32 Å². The lowest BCUT2D eigenvalue weighted by Crippen LogP contribution is -2.21. The molecule has 1 aromatic rings. The van der Waals surface area contributed by atoms with Crippen molar-refractivity contribution in [1.29, 1.82) is 0 Å². The van der Waals surface area contributed by atoms with E-state index in [9.17, 15) is 4.39 Å². The largest absolute Gasteiger partial charge is 0.310 e. The molecule has 0 saturated heterocycles. The molecule has 88 valence electrons. The summed E-state index contributed by atoms with van der Waals surface area (Å²) in [5.74, 6) is -0.221. The number of rotatable bonds is 5. The van der Waals surface area contributed by atoms with Crippen LogP contribution in [0.1, 0.15) is 31.9 Å². The summed E-state index contributed by atoms with van der Waals surface area (Å²) in [5, 5.41) is 3.38. The number of hydrogen-bond acceptors (Lipinski definition) is 1. The van der Waals surface area contributed by atoms with Crippen LogP contribution < -0.4 is 5.32 Å². The van der Waals surface area contributed by atoms with E-state index in [-0.39, 0.29) is 11.9 Å². The van der Waals surface area contributed by atoms with Crippen LogP contribution in [0.5, 0.6) is 0 Å². The van der Waals surface area contributed by atoms with Crippen LogP contribution in [-0.2, 0) is 0 Å². The van der Waals surface area contributed by atoms with Gasteiger partial charge >= 0.3 is 0 Å².